The average molecular weight is 251 g/mol. The van der Waals surface area contributed by atoms with Gasteiger partial charge in [0, 0.05) is 25.5 Å². The van der Waals surface area contributed by atoms with Gasteiger partial charge in [-0.25, -0.2) is 0 Å². The van der Waals surface area contributed by atoms with E-state index in [-0.39, 0.29) is 0 Å². The fourth-order valence-corrected chi connectivity index (χ4v) is 4.87. The number of hydrogen-bond acceptors (Lipinski definition) is 4. The molecule has 0 amide bonds. The Morgan fingerprint density at radius 3 is 2.20 bits per heavy atom. The largest absolute Gasteiger partial charge is 0.395 e. The Hall–Kier alpha value is 0.447. The minimum Gasteiger partial charge on any atom is -0.395 e. The van der Waals surface area contributed by atoms with Crippen LogP contribution in [-0.4, -0.2) is 39.8 Å². The van der Waals surface area contributed by atoms with E-state index in [1.165, 1.54) is 12.2 Å². The number of rotatable bonds is 10. The van der Waals surface area contributed by atoms with Crippen LogP contribution in [0.5, 0.6) is 0 Å². The van der Waals surface area contributed by atoms with E-state index in [4.69, 9.17) is 14.6 Å². The van der Waals surface area contributed by atoms with Gasteiger partial charge in [-0.2, -0.15) is 11.8 Å². The zero-order chi connectivity index (χ0) is 11.6. The van der Waals surface area contributed by atoms with Gasteiger partial charge in [0.2, 0.25) is 0 Å². The summed E-state index contributed by atoms with van der Waals surface area (Å²) in [5, 5.41) is 0. The van der Waals surface area contributed by atoms with Crippen LogP contribution >= 0.6 is 11.8 Å². The summed E-state index contributed by atoms with van der Waals surface area (Å²) in [6.45, 7) is 8.53. The Morgan fingerprint density at radius 1 is 1.13 bits per heavy atom. The summed E-state index contributed by atoms with van der Waals surface area (Å²) in [5.41, 5.74) is 5.43. The van der Waals surface area contributed by atoms with Crippen molar-refractivity contribution in [1.29, 1.82) is 0 Å². The molecule has 3 nitrogen and oxygen atoms in total. The van der Waals surface area contributed by atoms with Gasteiger partial charge in [-0.3, -0.25) is 0 Å². The van der Waals surface area contributed by atoms with E-state index >= 15 is 0 Å². The third kappa shape index (κ3) is 8.27. The van der Waals surface area contributed by atoms with Crippen molar-refractivity contribution in [2.24, 2.45) is 5.73 Å². The van der Waals surface area contributed by atoms with E-state index < -0.39 is 8.56 Å². The second-order valence-corrected chi connectivity index (χ2v) is 8.07. The van der Waals surface area contributed by atoms with E-state index in [0.29, 0.717) is 0 Å². The van der Waals surface area contributed by atoms with Crippen molar-refractivity contribution in [1.82, 2.24) is 0 Å². The first-order chi connectivity index (χ1) is 7.18. The maximum absolute atomic E-state index is 5.76. The van der Waals surface area contributed by atoms with Crippen molar-refractivity contribution in [3.63, 3.8) is 0 Å². The minimum atomic E-state index is -1.85. The van der Waals surface area contributed by atoms with Crippen molar-refractivity contribution in [2.75, 3.05) is 31.3 Å². The van der Waals surface area contributed by atoms with Crippen molar-refractivity contribution in [2.45, 2.75) is 32.9 Å². The van der Waals surface area contributed by atoms with Gasteiger partial charge in [-0.1, -0.05) is 0 Å². The van der Waals surface area contributed by atoms with Gasteiger partial charge >= 0.3 is 8.56 Å². The molecule has 0 saturated heterocycles. The number of nitrogens with two attached hydrogens (primary N) is 1. The Morgan fingerprint density at radius 2 is 1.73 bits per heavy atom. The topological polar surface area (TPSA) is 44.5 Å². The molecule has 0 fully saturated rings. The molecule has 0 aliphatic heterocycles. The maximum atomic E-state index is 5.76. The standard InChI is InChI=1S/C10H25NO2SSi/c1-4-12-15(3,13-5-2)10-6-8-14-9-7-11/h4-11H2,1-3H3. The average Bonchev–Trinajstić information content (AvgIpc) is 2.18. The second kappa shape index (κ2) is 9.66. The summed E-state index contributed by atoms with van der Waals surface area (Å²) in [6, 6.07) is 1.09. The Bertz CT molecular complexity index is 143. The lowest BCUT2D eigenvalue weighted by Gasteiger charge is -2.25. The summed E-state index contributed by atoms with van der Waals surface area (Å²) in [5.74, 6) is 2.22. The quantitative estimate of drug-likeness (QED) is 0.478. The Kier molecular flexibility index (Phi) is 9.94. The minimum absolute atomic E-state index is 0.763. The molecule has 0 aromatic rings. The van der Waals surface area contributed by atoms with Crippen molar-refractivity contribution in [3.05, 3.63) is 0 Å². The molecule has 0 saturated carbocycles. The van der Waals surface area contributed by atoms with Crippen LogP contribution in [0.15, 0.2) is 0 Å². The SMILES string of the molecule is CCO[Si](C)(CCCSCCN)OCC. The first-order valence-electron chi connectivity index (χ1n) is 5.74. The molecule has 0 aliphatic rings. The number of thioether (sulfide) groups is 1. The zero-order valence-electron chi connectivity index (χ0n) is 10.3. The normalized spacial score (nSPS) is 12.0. The molecule has 2 N–H and O–H groups in total. The molecule has 0 spiro atoms. The van der Waals surface area contributed by atoms with Crippen molar-refractivity contribution >= 4 is 20.3 Å². The van der Waals surface area contributed by atoms with E-state index in [0.717, 1.165) is 31.6 Å². The summed E-state index contributed by atoms with van der Waals surface area (Å²) >= 11 is 1.92. The third-order valence-electron chi connectivity index (χ3n) is 2.08. The lowest BCUT2D eigenvalue weighted by Crippen LogP contribution is -2.38. The van der Waals surface area contributed by atoms with Crippen molar-refractivity contribution in [3.8, 4) is 0 Å². The van der Waals surface area contributed by atoms with Gasteiger partial charge in [-0.15, -0.1) is 0 Å². The first-order valence-corrected chi connectivity index (χ1v) is 9.42. The van der Waals surface area contributed by atoms with Crippen molar-refractivity contribution < 1.29 is 8.85 Å². The van der Waals surface area contributed by atoms with Gasteiger partial charge in [-0.05, 0) is 38.6 Å². The predicted molar refractivity (Wildman–Crippen MR) is 70.7 cm³/mol. The maximum Gasteiger partial charge on any atom is 0.334 e. The second-order valence-electron chi connectivity index (χ2n) is 3.50. The van der Waals surface area contributed by atoms with Crippen LogP contribution in [0, 0.1) is 0 Å². The summed E-state index contributed by atoms with van der Waals surface area (Å²) in [7, 11) is -1.85. The van der Waals surface area contributed by atoms with Crippen LogP contribution in [0.25, 0.3) is 0 Å². The van der Waals surface area contributed by atoms with Crippen LogP contribution < -0.4 is 5.73 Å². The van der Waals surface area contributed by atoms with Crippen LogP contribution in [0.1, 0.15) is 20.3 Å². The van der Waals surface area contributed by atoms with E-state index in [2.05, 4.69) is 6.55 Å². The molecule has 0 bridgehead atoms. The third-order valence-corrected chi connectivity index (χ3v) is 6.24. The molecule has 0 radical (unpaired) electrons. The van der Waals surface area contributed by atoms with Gasteiger partial charge in [0.15, 0.2) is 0 Å². The van der Waals surface area contributed by atoms with E-state index in [1.807, 2.05) is 25.6 Å². The first kappa shape index (κ1) is 15.4. The van der Waals surface area contributed by atoms with Gasteiger partial charge in [0.25, 0.3) is 0 Å². The molecule has 0 unspecified atom stereocenters. The molecule has 0 heterocycles. The van der Waals surface area contributed by atoms with Gasteiger partial charge in [0.05, 0.1) is 0 Å². The lowest BCUT2D eigenvalue weighted by atomic mass is 10.6. The number of hydrogen-bond donors (Lipinski definition) is 1. The Balaban J connectivity index is 3.65. The highest BCUT2D eigenvalue weighted by Gasteiger charge is 2.29. The van der Waals surface area contributed by atoms with E-state index in [1.54, 1.807) is 0 Å². The lowest BCUT2D eigenvalue weighted by molar-refractivity contribution is 0.189. The predicted octanol–water partition coefficient (Wildman–Crippen LogP) is 2.21. The van der Waals surface area contributed by atoms with Crippen LogP contribution in [0.2, 0.25) is 12.6 Å². The fourth-order valence-electron chi connectivity index (χ4n) is 1.48. The molecule has 0 atom stereocenters. The molecule has 0 rings (SSSR count). The highest BCUT2D eigenvalue weighted by atomic mass is 32.2. The molecule has 15 heavy (non-hydrogen) atoms. The molecule has 92 valence electrons. The van der Waals surface area contributed by atoms with E-state index in [9.17, 15) is 0 Å². The van der Waals surface area contributed by atoms with Gasteiger partial charge in [0.1, 0.15) is 0 Å². The molecular formula is C10H25NO2SSi. The monoisotopic (exact) mass is 251 g/mol. The van der Waals surface area contributed by atoms with Gasteiger partial charge < -0.3 is 14.6 Å². The molecule has 0 aromatic heterocycles. The molecule has 0 aliphatic carbocycles. The smallest absolute Gasteiger partial charge is 0.334 e. The zero-order valence-corrected chi connectivity index (χ0v) is 12.1. The summed E-state index contributed by atoms with van der Waals surface area (Å²) in [4.78, 5) is 0. The molecular weight excluding hydrogens is 226 g/mol. The highest BCUT2D eigenvalue weighted by Crippen LogP contribution is 2.17. The highest BCUT2D eigenvalue weighted by molar-refractivity contribution is 7.99. The summed E-state index contributed by atoms with van der Waals surface area (Å²) < 4.78 is 11.5. The molecule has 0 aromatic carbocycles. The van der Waals surface area contributed by atoms with Crippen LogP contribution in [0.3, 0.4) is 0 Å². The van der Waals surface area contributed by atoms with Crippen LogP contribution in [0.4, 0.5) is 0 Å². The summed E-state index contributed by atoms with van der Waals surface area (Å²) in [6.07, 6.45) is 1.17. The fraction of sp³-hybridized carbons (Fsp3) is 1.00. The Labute approximate surface area is 99.3 Å². The van der Waals surface area contributed by atoms with Crippen LogP contribution in [-0.2, 0) is 8.85 Å². The molecule has 5 heteroatoms.